The molecule has 0 radical (unpaired) electrons. The summed E-state index contributed by atoms with van der Waals surface area (Å²) >= 11 is 1.30. The number of hydrogen-bond donors (Lipinski definition) is 1. The van der Waals surface area contributed by atoms with Crippen molar-refractivity contribution in [3.63, 3.8) is 0 Å². The summed E-state index contributed by atoms with van der Waals surface area (Å²) in [5.41, 5.74) is 4.25. The maximum absolute atomic E-state index is 12.9. The van der Waals surface area contributed by atoms with Gasteiger partial charge in [0.1, 0.15) is 0 Å². The van der Waals surface area contributed by atoms with Crippen LogP contribution in [0.5, 0.6) is 0 Å². The number of pyridine rings is 1. The van der Waals surface area contributed by atoms with Crippen LogP contribution >= 0.6 is 11.3 Å². The second kappa shape index (κ2) is 6.03. The highest BCUT2D eigenvalue weighted by Gasteiger charge is 2.40. The molecule has 0 fully saturated rings. The van der Waals surface area contributed by atoms with Crippen molar-refractivity contribution < 1.29 is 14.4 Å². The summed E-state index contributed by atoms with van der Waals surface area (Å²) in [7, 11) is 0. The zero-order chi connectivity index (χ0) is 18.4. The van der Waals surface area contributed by atoms with Crippen LogP contribution in [0, 0.1) is 6.92 Å². The molecule has 0 atom stereocenters. The van der Waals surface area contributed by atoms with Gasteiger partial charge in [-0.2, -0.15) is 5.01 Å². The number of nitrogens with zero attached hydrogens (tertiary/aromatic N) is 2. The lowest BCUT2D eigenvalue weighted by Gasteiger charge is -2.14. The quantitative estimate of drug-likeness (QED) is 0.723. The molecule has 0 unspecified atom stereocenters. The number of aromatic nitrogens is 1. The first-order chi connectivity index (χ1) is 12.5. The molecule has 2 aromatic heterocycles. The summed E-state index contributed by atoms with van der Waals surface area (Å²) in [6, 6.07) is 10.7. The molecule has 26 heavy (non-hydrogen) atoms. The minimum atomic E-state index is -0.540. The van der Waals surface area contributed by atoms with Crippen LogP contribution in [0.25, 0.3) is 10.9 Å². The normalized spacial score (nSPS) is 13.4. The number of benzene rings is 1. The SMILES string of the molecule is CCc1nc2ccccc2c2c1C(=O)N(NC(=O)c1ccc(C)s1)C2=O. The average molecular weight is 365 g/mol. The minimum Gasteiger partial charge on any atom is -0.267 e. The highest BCUT2D eigenvalue weighted by molar-refractivity contribution is 7.13. The highest BCUT2D eigenvalue weighted by Crippen LogP contribution is 2.31. The molecule has 7 heteroatoms. The average Bonchev–Trinajstić information content (AvgIpc) is 3.18. The van der Waals surface area contributed by atoms with Crippen molar-refractivity contribution in [3.8, 4) is 0 Å². The van der Waals surface area contributed by atoms with Gasteiger partial charge in [-0.25, -0.2) is 0 Å². The summed E-state index contributed by atoms with van der Waals surface area (Å²) in [4.78, 5) is 44.1. The zero-order valence-electron chi connectivity index (χ0n) is 14.2. The van der Waals surface area contributed by atoms with Gasteiger partial charge in [-0.05, 0) is 31.5 Å². The van der Waals surface area contributed by atoms with Crippen molar-refractivity contribution in [1.82, 2.24) is 15.4 Å². The van der Waals surface area contributed by atoms with E-state index in [0.29, 0.717) is 33.5 Å². The Bertz CT molecular complexity index is 1090. The first-order valence-corrected chi connectivity index (χ1v) is 9.00. The number of carbonyl (C=O) groups excluding carboxylic acids is 3. The molecule has 3 aromatic rings. The number of hydrazine groups is 1. The van der Waals surface area contributed by atoms with E-state index < -0.39 is 17.7 Å². The maximum atomic E-state index is 12.9. The van der Waals surface area contributed by atoms with E-state index in [2.05, 4.69) is 10.4 Å². The molecule has 1 aliphatic heterocycles. The van der Waals surface area contributed by atoms with Crippen LogP contribution < -0.4 is 5.43 Å². The van der Waals surface area contributed by atoms with Crippen molar-refractivity contribution in [2.45, 2.75) is 20.3 Å². The predicted molar refractivity (Wildman–Crippen MR) is 98.1 cm³/mol. The number of para-hydroxylation sites is 1. The molecular weight excluding hydrogens is 350 g/mol. The molecule has 1 aliphatic rings. The molecule has 0 spiro atoms. The molecular formula is C19H15N3O3S. The number of aryl methyl sites for hydroxylation is 2. The molecule has 6 nitrogen and oxygen atoms in total. The number of carbonyl (C=O) groups is 3. The van der Waals surface area contributed by atoms with E-state index in [1.54, 1.807) is 18.2 Å². The Morgan fingerprint density at radius 2 is 1.85 bits per heavy atom. The summed E-state index contributed by atoms with van der Waals surface area (Å²) in [5, 5.41) is 1.41. The molecule has 0 saturated carbocycles. The molecule has 0 aliphatic carbocycles. The van der Waals surface area contributed by atoms with E-state index in [4.69, 9.17) is 0 Å². The van der Waals surface area contributed by atoms with Crippen LogP contribution in [0.2, 0.25) is 0 Å². The Morgan fingerprint density at radius 1 is 1.12 bits per heavy atom. The monoisotopic (exact) mass is 365 g/mol. The second-order valence-corrected chi connectivity index (χ2v) is 7.26. The van der Waals surface area contributed by atoms with Crippen molar-refractivity contribution in [1.29, 1.82) is 0 Å². The Morgan fingerprint density at radius 3 is 2.54 bits per heavy atom. The lowest BCUT2D eigenvalue weighted by Crippen LogP contribution is -2.45. The van der Waals surface area contributed by atoms with Crippen molar-refractivity contribution in [2.75, 3.05) is 0 Å². The maximum Gasteiger partial charge on any atom is 0.282 e. The fourth-order valence-corrected chi connectivity index (χ4v) is 3.86. The molecule has 1 aromatic carbocycles. The van der Waals surface area contributed by atoms with Crippen molar-refractivity contribution in [3.05, 3.63) is 63.0 Å². The van der Waals surface area contributed by atoms with Gasteiger partial charge in [0.15, 0.2) is 0 Å². The van der Waals surface area contributed by atoms with E-state index in [-0.39, 0.29) is 5.56 Å². The lowest BCUT2D eigenvalue weighted by atomic mass is 10.0. The summed E-state index contributed by atoms with van der Waals surface area (Å²) in [6.45, 7) is 3.76. The molecule has 1 N–H and O–H groups in total. The first-order valence-electron chi connectivity index (χ1n) is 8.19. The van der Waals surface area contributed by atoms with E-state index in [9.17, 15) is 14.4 Å². The summed E-state index contributed by atoms with van der Waals surface area (Å²) in [5.74, 6) is -1.55. The number of fused-ring (bicyclic) bond motifs is 3. The third-order valence-corrected chi connectivity index (χ3v) is 5.31. The summed E-state index contributed by atoms with van der Waals surface area (Å²) in [6.07, 6.45) is 0.512. The largest absolute Gasteiger partial charge is 0.282 e. The van der Waals surface area contributed by atoms with Gasteiger partial charge in [0.05, 0.1) is 27.2 Å². The van der Waals surface area contributed by atoms with E-state index in [1.807, 2.05) is 32.0 Å². The predicted octanol–water partition coefficient (Wildman–Crippen LogP) is 3.11. The van der Waals surface area contributed by atoms with Crippen molar-refractivity contribution >= 4 is 40.0 Å². The fourth-order valence-electron chi connectivity index (χ4n) is 3.10. The van der Waals surface area contributed by atoms with Gasteiger partial charge in [-0.3, -0.25) is 24.8 Å². The van der Waals surface area contributed by atoms with Gasteiger partial charge in [0.25, 0.3) is 17.7 Å². The number of thiophene rings is 1. The van der Waals surface area contributed by atoms with Crippen LogP contribution in [-0.2, 0) is 6.42 Å². The third-order valence-electron chi connectivity index (χ3n) is 4.31. The topological polar surface area (TPSA) is 79.4 Å². The smallest absolute Gasteiger partial charge is 0.267 e. The number of imide groups is 1. The van der Waals surface area contributed by atoms with Gasteiger partial charge < -0.3 is 0 Å². The molecule has 3 heterocycles. The molecule has 0 bridgehead atoms. The molecule has 130 valence electrons. The molecule has 4 rings (SSSR count). The van der Waals surface area contributed by atoms with Gasteiger partial charge in [0, 0.05) is 10.3 Å². The number of rotatable bonds is 3. The van der Waals surface area contributed by atoms with E-state index >= 15 is 0 Å². The third kappa shape index (κ3) is 2.40. The van der Waals surface area contributed by atoms with Crippen molar-refractivity contribution in [2.24, 2.45) is 0 Å². The van der Waals surface area contributed by atoms with Gasteiger partial charge in [-0.1, -0.05) is 25.1 Å². The van der Waals surface area contributed by atoms with Gasteiger partial charge in [0.2, 0.25) is 0 Å². The van der Waals surface area contributed by atoms with Gasteiger partial charge >= 0.3 is 0 Å². The fraction of sp³-hybridized carbons (Fsp3) is 0.158. The van der Waals surface area contributed by atoms with Crippen LogP contribution in [0.4, 0.5) is 0 Å². The number of amides is 3. The zero-order valence-corrected chi connectivity index (χ0v) is 15.0. The Kier molecular flexibility index (Phi) is 3.81. The standard InChI is InChI=1S/C19H15N3O3S/c1-3-12-16-15(11-6-4-5-7-13(11)20-12)18(24)22(19(16)25)21-17(23)14-9-8-10(2)26-14/h4-9H,3H2,1-2H3,(H,21,23). The first kappa shape index (κ1) is 16.4. The van der Waals surface area contributed by atoms with Crippen LogP contribution in [0.1, 0.15) is 47.9 Å². The number of nitrogens with one attached hydrogen (secondary N) is 1. The minimum absolute atomic E-state index is 0.277. The Balaban J connectivity index is 1.78. The molecule has 0 saturated heterocycles. The summed E-state index contributed by atoms with van der Waals surface area (Å²) < 4.78 is 0. The van der Waals surface area contributed by atoms with E-state index in [1.165, 1.54) is 11.3 Å². The molecule has 3 amide bonds. The highest BCUT2D eigenvalue weighted by atomic mass is 32.1. The van der Waals surface area contributed by atoms with Crippen LogP contribution in [0.3, 0.4) is 0 Å². The van der Waals surface area contributed by atoms with E-state index in [0.717, 1.165) is 9.89 Å². The Labute approximate surface area is 153 Å². The van der Waals surface area contributed by atoms with Gasteiger partial charge in [-0.15, -0.1) is 11.3 Å². The second-order valence-electron chi connectivity index (χ2n) is 5.98. The Hall–Kier alpha value is -3.06. The lowest BCUT2D eigenvalue weighted by molar-refractivity contribution is 0.0519. The number of hydrogen-bond acceptors (Lipinski definition) is 5. The van der Waals surface area contributed by atoms with Crippen LogP contribution in [0.15, 0.2) is 36.4 Å². The van der Waals surface area contributed by atoms with Crippen LogP contribution in [-0.4, -0.2) is 27.7 Å².